The van der Waals surface area contributed by atoms with E-state index in [0.29, 0.717) is 18.7 Å². The van der Waals surface area contributed by atoms with Gasteiger partial charge in [0.15, 0.2) is 21.3 Å². The van der Waals surface area contributed by atoms with Crippen molar-refractivity contribution < 1.29 is 23.0 Å². The average molecular weight is 349 g/mol. The molecule has 0 spiro atoms. The molecule has 0 amide bonds. The van der Waals surface area contributed by atoms with Crippen molar-refractivity contribution in [3.05, 3.63) is 53.6 Å². The van der Waals surface area contributed by atoms with E-state index in [2.05, 4.69) is 5.32 Å². The number of fused-ring (bicyclic) bond motifs is 1. The van der Waals surface area contributed by atoms with Gasteiger partial charge in [0.2, 0.25) is 6.79 Å². The summed E-state index contributed by atoms with van der Waals surface area (Å²) in [4.78, 5) is 0.242. The van der Waals surface area contributed by atoms with Gasteiger partial charge in [0.05, 0.1) is 11.0 Å². The predicted octanol–water partition coefficient (Wildman–Crippen LogP) is 1.64. The quantitative estimate of drug-likeness (QED) is 0.825. The number of hydrogen-bond acceptors (Lipinski definition) is 6. The van der Waals surface area contributed by atoms with Crippen LogP contribution >= 0.6 is 0 Å². The Morgan fingerprint density at radius 1 is 1.12 bits per heavy atom. The smallest absolute Gasteiger partial charge is 0.231 e. The molecule has 0 fully saturated rings. The van der Waals surface area contributed by atoms with Crippen LogP contribution in [0.3, 0.4) is 0 Å². The van der Waals surface area contributed by atoms with Crippen molar-refractivity contribution in [1.82, 2.24) is 5.32 Å². The molecule has 1 aliphatic rings. The lowest BCUT2D eigenvalue weighted by Crippen LogP contribution is -2.21. The van der Waals surface area contributed by atoms with Gasteiger partial charge in [-0.1, -0.05) is 18.2 Å². The van der Waals surface area contributed by atoms with Crippen molar-refractivity contribution in [3.63, 3.8) is 0 Å². The second kappa shape index (κ2) is 6.80. The largest absolute Gasteiger partial charge is 0.454 e. The number of nitrogens with one attached hydrogen (secondary N) is 1. The van der Waals surface area contributed by atoms with Gasteiger partial charge < -0.3 is 19.9 Å². The fraction of sp³-hybridized carbons (Fsp3) is 0.294. The molecule has 0 aromatic heterocycles. The molecule has 2 aromatic rings. The lowest BCUT2D eigenvalue weighted by atomic mass is 10.1. The van der Waals surface area contributed by atoms with Crippen molar-refractivity contribution in [2.24, 2.45) is 0 Å². The first-order valence-corrected chi connectivity index (χ1v) is 9.40. The molecule has 1 heterocycles. The molecule has 2 N–H and O–H groups in total. The highest BCUT2D eigenvalue weighted by molar-refractivity contribution is 7.90. The highest BCUT2D eigenvalue weighted by Gasteiger charge is 2.14. The minimum Gasteiger partial charge on any atom is -0.454 e. The van der Waals surface area contributed by atoms with Crippen LogP contribution in [-0.2, 0) is 16.4 Å². The van der Waals surface area contributed by atoms with Gasteiger partial charge in [0.1, 0.15) is 0 Å². The first-order valence-electron chi connectivity index (χ1n) is 7.51. The molecule has 0 saturated carbocycles. The molecule has 2 aromatic carbocycles. The predicted molar refractivity (Wildman–Crippen MR) is 88.8 cm³/mol. The first-order chi connectivity index (χ1) is 11.4. The summed E-state index contributed by atoms with van der Waals surface area (Å²) in [5.41, 5.74) is 1.69. The van der Waals surface area contributed by atoms with E-state index in [1.807, 2.05) is 18.2 Å². The van der Waals surface area contributed by atoms with E-state index in [9.17, 15) is 13.5 Å². The molecule has 1 atom stereocenters. The van der Waals surface area contributed by atoms with E-state index < -0.39 is 15.9 Å². The van der Waals surface area contributed by atoms with Crippen LogP contribution < -0.4 is 14.8 Å². The van der Waals surface area contributed by atoms with Gasteiger partial charge in [-0.25, -0.2) is 8.42 Å². The summed E-state index contributed by atoms with van der Waals surface area (Å²) in [6.45, 7) is 1.18. The van der Waals surface area contributed by atoms with Crippen LogP contribution in [0.15, 0.2) is 47.4 Å². The van der Waals surface area contributed by atoms with Gasteiger partial charge in [0, 0.05) is 19.3 Å². The molecule has 0 bridgehead atoms. The van der Waals surface area contributed by atoms with E-state index in [-0.39, 0.29) is 11.7 Å². The van der Waals surface area contributed by atoms with E-state index in [4.69, 9.17) is 9.47 Å². The summed E-state index contributed by atoms with van der Waals surface area (Å²) in [5.74, 6) is 1.47. The minimum atomic E-state index is -3.22. The molecule has 0 unspecified atom stereocenters. The summed E-state index contributed by atoms with van der Waals surface area (Å²) in [6, 6.07) is 12.0. The Morgan fingerprint density at radius 3 is 2.54 bits per heavy atom. The second-order valence-electron chi connectivity index (χ2n) is 5.68. The summed E-state index contributed by atoms with van der Waals surface area (Å²) in [5, 5.41) is 13.4. The highest BCUT2D eigenvalue weighted by atomic mass is 32.2. The average Bonchev–Trinajstić information content (AvgIpc) is 3.02. The van der Waals surface area contributed by atoms with Crippen molar-refractivity contribution in [2.45, 2.75) is 17.5 Å². The van der Waals surface area contributed by atoms with Gasteiger partial charge >= 0.3 is 0 Å². The van der Waals surface area contributed by atoms with Crippen LogP contribution in [0.2, 0.25) is 0 Å². The van der Waals surface area contributed by atoms with Gasteiger partial charge in [-0.05, 0) is 35.4 Å². The minimum absolute atomic E-state index is 0.242. The molecule has 7 heteroatoms. The van der Waals surface area contributed by atoms with Crippen molar-refractivity contribution >= 4 is 9.84 Å². The summed E-state index contributed by atoms with van der Waals surface area (Å²) in [7, 11) is -3.22. The number of aliphatic hydroxyl groups is 1. The van der Waals surface area contributed by atoms with Gasteiger partial charge in [-0.2, -0.15) is 0 Å². The Kier molecular flexibility index (Phi) is 4.75. The fourth-order valence-electron chi connectivity index (χ4n) is 2.46. The monoisotopic (exact) mass is 349 g/mol. The van der Waals surface area contributed by atoms with Crippen molar-refractivity contribution in [2.75, 3.05) is 19.6 Å². The number of benzene rings is 2. The lowest BCUT2D eigenvalue weighted by Gasteiger charge is -2.13. The second-order valence-corrected chi connectivity index (χ2v) is 7.69. The van der Waals surface area contributed by atoms with E-state index >= 15 is 0 Å². The highest BCUT2D eigenvalue weighted by Crippen LogP contribution is 2.32. The standard InChI is InChI=1S/C17H19NO5S/c1-24(20,21)14-5-3-13(4-6-14)15(19)10-18-9-12-2-7-16-17(8-12)23-11-22-16/h2-8,15,18-19H,9-11H2,1H3/t15-/m1/s1. The van der Waals surface area contributed by atoms with Gasteiger partial charge in [0.25, 0.3) is 0 Å². The molecule has 1 aliphatic heterocycles. The first kappa shape index (κ1) is 16.8. The van der Waals surface area contributed by atoms with E-state index in [1.165, 1.54) is 12.1 Å². The molecule has 3 rings (SSSR count). The van der Waals surface area contributed by atoms with Crippen LogP contribution in [0.25, 0.3) is 0 Å². The summed E-state index contributed by atoms with van der Waals surface area (Å²) >= 11 is 0. The number of hydrogen-bond donors (Lipinski definition) is 2. The van der Waals surface area contributed by atoms with Crippen molar-refractivity contribution in [3.8, 4) is 11.5 Å². The number of rotatable bonds is 6. The zero-order valence-corrected chi connectivity index (χ0v) is 14.0. The Labute approximate surface area is 141 Å². The number of ether oxygens (including phenoxy) is 2. The summed E-state index contributed by atoms with van der Waals surface area (Å²) < 4.78 is 33.4. The maximum atomic E-state index is 11.4. The number of aliphatic hydroxyl groups excluding tert-OH is 1. The maximum absolute atomic E-state index is 11.4. The summed E-state index contributed by atoms with van der Waals surface area (Å²) in [6.07, 6.45) is 0.443. The Morgan fingerprint density at radius 2 is 1.83 bits per heavy atom. The van der Waals surface area contributed by atoms with Crippen LogP contribution in [0.1, 0.15) is 17.2 Å². The molecule has 0 radical (unpaired) electrons. The van der Waals surface area contributed by atoms with Crippen LogP contribution in [-0.4, -0.2) is 33.1 Å². The van der Waals surface area contributed by atoms with Gasteiger partial charge in [-0.15, -0.1) is 0 Å². The lowest BCUT2D eigenvalue weighted by molar-refractivity contribution is 0.173. The number of sulfone groups is 1. The third-order valence-corrected chi connectivity index (χ3v) is 4.93. The molecular weight excluding hydrogens is 330 g/mol. The zero-order chi connectivity index (χ0) is 17.2. The SMILES string of the molecule is CS(=O)(=O)c1ccc([C@H](O)CNCc2ccc3c(c2)OCO3)cc1. The van der Waals surface area contributed by atoms with Crippen LogP contribution in [0, 0.1) is 0 Å². The third kappa shape index (κ3) is 3.87. The Balaban J connectivity index is 1.55. The van der Waals surface area contributed by atoms with E-state index in [1.54, 1.807) is 12.1 Å². The molecule has 24 heavy (non-hydrogen) atoms. The molecule has 0 saturated heterocycles. The van der Waals surface area contributed by atoms with Crippen LogP contribution in [0.5, 0.6) is 11.5 Å². The zero-order valence-electron chi connectivity index (χ0n) is 13.2. The van der Waals surface area contributed by atoms with Crippen molar-refractivity contribution in [1.29, 1.82) is 0 Å². The Bertz CT molecular complexity index is 817. The van der Waals surface area contributed by atoms with Crippen LogP contribution in [0.4, 0.5) is 0 Å². The normalized spacial score (nSPS) is 14.6. The Hall–Kier alpha value is -2.09. The molecule has 0 aliphatic carbocycles. The molecular formula is C17H19NO5S. The van der Waals surface area contributed by atoms with E-state index in [0.717, 1.165) is 23.3 Å². The maximum Gasteiger partial charge on any atom is 0.231 e. The van der Waals surface area contributed by atoms with Gasteiger partial charge in [-0.3, -0.25) is 0 Å². The topological polar surface area (TPSA) is 84.9 Å². The molecule has 128 valence electrons. The third-order valence-electron chi connectivity index (χ3n) is 3.80. The fourth-order valence-corrected chi connectivity index (χ4v) is 3.09. The molecule has 6 nitrogen and oxygen atoms in total.